The van der Waals surface area contributed by atoms with Gasteiger partial charge in [0, 0.05) is 17.8 Å². The summed E-state index contributed by atoms with van der Waals surface area (Å²) in [5.74, 6) is -1.21. The van der Waals surface area contributed by atoms with E-state index in [1.807, 2.05) is 4.98 Å². The molecule has 0 atom stereocenters. The molecule has 0 radical (unpaired) electrons. The predicted molar refractivity (Wildman–Crippen MR) is 87.5 cm³/mol. The zero-order valence-corrected chi connectivity index (χ0v) is 12.5. The maximum Gasteiger partial charge on any atom is 0.328 e. The summed E-state index contributed by atoms with van der Waals surface area (Å²) in [6, 6.07) is 6.78. The Morgan fingerprint density at radius 3 is 2.42 bits per heavy atom. The molecule has 0 spiro atoms. The van der Waals surface area contributed by atoms with Crippen molar-refractivity contribution in [3.63, 3.8) is 0 Å². The molecule has 0 bridgehead atoms. The molecule has 0 aliphatic rings. The van der Waals surface area contributed by atoms with Crippen LogP contribution in [0.1, 0.15) is 5.69 Å². The Balaban J connectivity index is 2.36. The van der Waals surface area contributed by atoms with Crippen molar-refractivity contribution in [3.8, 4) is 17.1 Å². The molecule has 2 aromatic heterocycles. The third-order valence-electron chi connectivity index (χ3n) is 3.59. The third kappa shape index (κ3) is 2.28. The molecule has 0 fully saturated rings. The molecule has 1 aromatic carbocycles. The van der Waals surface area contributed by atoms with Crippen molar-refractivity contribution < 1.29 is 9.90 Å². The summed E-state index contributed by atoms with van der Waals surface area (Å²) in [7, 11) is 1.40. The van der Waals surface area contributed by atoms with Crippen LogP contribution in [0.5, 0.6) is 5.88 Å². The predicted octanol–water partition coefficient (Wildman–Crippen LogP) is 0.0310. The number of likely N-dealkylation sites (N-methyl/N-ethyl adjacent to an activating group) is 1. The number of benzene rings is 1. The van der Waals surface area contributed by atoms with Gasteiger partial charge in [0.15, 0.2) is 0 Å². The van der Waals surface area contributed by atoms with Crippen molar-refractivity contribution in [3.05, 3.63) is 50.8 Å². The molecule has 2 heterocycles. The fourth-order valence-electron chi connectivity index (χ4n) is 2.52. The highest BCUT2D eigenvalue weighted by Gasteiger charge is 2.22. The van der Waals surface area contributed by atoms with Gasteiger partial charge in [-0.2, -0.15) is 0 Å². The highest BCUT2D eigenvalue weighted by atomic mass is 16.3. The van der Waals surface area contributed by atoms with E-state index in [0.29, 0.717) is 10.8 Å². The van der Waals surface area contributed by atoms with Gasteiger partial charge in [0.25, 0.3) is 11.5 Å². The first kappa shape index (κ1) is 15.3. The molecule has 122 valence electrons. The van der Waals surface area contributed by atoms with Crippen molar-refractivity contribution in [1.82, 2.24) is 20.3 Å². The van der Waals surface area contributed by atoms with E-state index < -0.39 is 23.0 Å². The van der Waals surface area contributed by atoms with Crippen LogP contribution >= 0.6 is 0 Å². The van der Waals surface area contributed by atoms with Crippen LogP contribution in [-0.4, -0.2) is 38.7 Å². The number of carbonyl (C=O) groups excluding carboxylic acids is 1. The molecule has 1 amide bonds. The van der Waals surface area contributed by atoms with Crippen molar-refractivity contribution in [2.75, 3.05) is 7.05 Å². The van der Waals surface area contributed by atoms with E-state index in [2.05, 4.69) is 15.3 Å². The van der Waals surface area contributed by atoms with Gasteiger partial charge in [0.05, 0.1) is 11.4 Å². The average Bonchev–Trinajstić information content (AvgIpc) is 2.92. The van der Waals surface area contributed by atoms with Crippen LogP contribution in [0.25, 0.3) is 22.0 Å². The van der Waals surface area contributed by atoms with Crippen LogP contribution in [0.2, 0.25) is 0 Å². The Morgan fingerprint density at radius 2 is 1.79 bits per heavy atom. The van der Waals surface area contributed by atoms with E-state index in [1.54, 1.807) is 24.3 Å². The summed E-state index contributed by atoms with van der Waals surface area (Å²) in [4.78, 5) is 42.1. The number of fused-ring (bicyclic) bond motifs is 1. The van der Waals surface area contributed by atoms with E-state index in [9.17, 15) is 19.5 Å². The van der Waals surface area contributed by atoms with E-state index in [1.165, 1.54) is 7.05 Å². The number of aromatic nitrogens is 3. The zero-order valence-electron chi connectivity index (χ0n) is 12.5. The summed E-state index contributed by atoms with van der Waals surface area (Å²) in [5.41, 5.74) is -1.73. The van der Waals surface area contributed by atoms with Gasteiger partial charge in [-0.15, -0.1) is 0 Å². The second kappa shape index (κ2) is 5.54. The Labute approximate surface area is 133 Å². The Hall–Kier alpha value is -3.62. The number of amides is 1. The number of aromatic amines is 3. The van der Waals surface area contributed by atoms with Gasteiger partial charge in [-0.25, -0.2) is 4.79 Å². The second-order valence-electron chi connectivity index (χ2n) is 5.01. The largest absolute Gasteiger partial charge is 0.494 e. The normalized spacial score (nSPS) is 10.7. The number of nitrogens with one attached hydrogen (secondary N) is 5. The number of hydrogen-bond acceptors (Lipinski definition) is 5. The number of H-pyrrole nitrogens is 3. The maximum atomic E-state index is 12.1. The lowest BCUT2D eigenvalue weighted by atomic mass is 10.1. The summed E-state index contributed by atoms with van der Waals surface area (Å²) in [6.07, 6.45) is 0. The fourth-order valence-corrected chi connectivity index (χ4v) is 2.52. The molecule has 9 nitrogen and oxygen atoms in total. The molecule has 24 heavy (non-hydrogen) atoms. The van der Waals surface area contributed by atoms with Crippen molar-refractivity contribution in [2.24, 2.45) is 0 Å². The molecule has 9 heteroatoms. The molecule has 3 aromatic rings. The van der Waals surface area contributed by atoms with Crippen LogP contribution in [0.3, 0.4) is 0 Å². The average molecular weight is 327 g/mol. The van der Waals surface area contributed by atoms with Crippen LogP contribution in [0, 0.1) is 5.41 Å². The topological polar surface area (TPSA) is 155 Å². The summed E-state index contributed by atoms with van der Waals surface area (Å²) >= 11 is 0. The van der Waals surface area contributed by atoms with E-state index in [-0.39, 0.29) is 22.7 Å². The molecule has 0 aliphatic heterocycles. The molecule has 0 unspecified atom stereocenters. The highest BCUT2D eigenvalue weighted by molar-refractivity contribution is 6.45. The van der Waals surface area contributed by atoms with Crippen LogP contribution in [0.4, 0.5) is 0 Å². The highest BCUT2D eigenvalue weighted by Crippen LogP contribution is 2.32. The minimum absolute atomic E-state index is 0.179. The molecule has 3 rings (SSSR count). The van der Waals surface area contributed by atoms with Crippen LogP contribution < -0.4 is 16.6 Å². The van der Waals surface area contributed by atoms with E-state index in [4.69, 9.17) is 5.41 Å². The lowest BCUT2D eigenvalue weighted by molar-refractivity contribution is -0.114. The lowest BCUT2D eigenvalue weighted by Crippen LogP contribution is -2.28. The number of carbonyl (C=O) groups is 1. The van der Waals surface area contributed by atoms with Crippen molar-refractivity contribution in [1.29, 1.82) is 5.41 Å². The quantitative estimate of drug-likeness (QED) is 0.375. The van der Waals surface area contributed by atoms with Gasteiger partial charge >= 0.3 is 5.69 Å². The van der Waals surface area contributed by atoms with Crippen molar-refractivity contribution in [2.45, 2.75) is 0 Å². The first-order chi connectivity index (χ1) is 11.4. The summed E-state index contributed by atoms with van der Waals surface area (Å²) in [6.45, 7) is 0. The van der Waals surface area contributed by atoms with Gasteiger partial charge in [-0.1, -0.05) is 24.3 Å². The first-order valence-corrected chi connectivity index (χ1v) is 6.91. The number of aromatic hydroxyl groups is 1. The third-order valence-corrected chi connectivity index (χ3v) is 3.59. The van der Waals surface area contributed by atoms with Crippen molar-refractivity contribution >= 4 is 22.4 Å². The second-order valence-corrected chi connectivity index (χ2v) is 5.01. The minimum Gasteiger partial charge on any atom is -0.494 e. The van der Waals surface area contributed by atoms with Crippen LogP contribution in [0.15, 0.2) is 33.9 Å². The van der Waals surface area contributed by atoms with Gasteiger partial charge in [0.2, 0.25) is 5.88 Å². The molecular weight excluding hydrogens is 314 g/mol. The lowest BCUT2D eigenvalue weighted by Gasteiger charge is -2.02. The molecular formula is C15H13N5O4. The molecule has 0 saturated heterocycles. The van der Waals surface area contributed by atoms with Gasteiger partial charge < -0.3 is 15.4 Å². The molecule has 0 aliphatic carbocycles. The smallest absolute Gasteiger partial charge is 0.328 e. The maximum absolute atomic E-state index is 12.1. The van der Waals surface area contributed by atoms with E-state index >= 15 is 0 Å². The number of rotatable bonds is 3. The van der Waals surface area contributed by atoms with Gasteiger partial charge in [-0.05, 0) is 0 Å². The monoisotopic (exact) mass is 327 g/mol. The van der Waals surface area contributed by atoms with Gasteiger partial charge in [-0.3, -0.25) is 25.0 Å². The summed E-state index contributed by atoms with van der Waals surface area (Å²) in [5, 5.41) is 21.4. The molecule has 6 N–H and O–H groups in total. The Bertz CT molecular complexity index is 1090. The first-order valence-electron chi connectivity index (χ1n) is 6.91. The fraction of sp³-hybridized carbons (Fsp3) is 0.0667. The Kier molecular flexibility index (Phi) is 3.53. The number of hydrogen-bond donors (Lipinski definition) is 6. The van der Waals surface area contributed by atoms with Crippen LogP contribution in [-0.2, 0) is 4.79 Å². The minimum atomic E-state index is -0.838. The standard InChI is InChI=1S/C15H13N5O4/c1-17-14(23)9(16)11-7-5-3-2-4-6(7)10(18-11)8-12(21)19-15(24)20-13(8)22/h2-5,16,18H,1H3,(H,17,23)(H3,19,20,21,22,24). The summed E-state index contributed by atoms with van der Waals surface area (Å²) < 4.78 is 0. The zero-order chi connectivity index (χ0) is 17.4. The van der Waals surface area contributed by atoms with Gasteiger partial charge in [0.1, 0.15) is 11.3 Å². The molecule has 0 saturated carbocycles. The van der Waals surface area contributed by atoms with E-state index in [0.717, 1.165) is 0 Å². The Morgan fingerprint density at radius 1 is 1.12 bits per heavy atom. The SMILES string of the molecule is CNC(=O)C(=N)c1[nH]c(-c2c(O)[nH]c(=O)[nH]c2=O)c2ccccc12.